The topological polar surface area (TPSA) is 65.5 Å². The van der Waals surface area contributed by atoms with E-state index in [0.717, 1.165) is 6.26 Å². The largest absolute Gasteiger partial charge is 0.500 e. The molecule has 18 heavy (non-hydrogen) atoms. The van der Waals surface area contributed by atoms with E-state index in [0.29, 0.717) is 6.61 Å². The predicted molar refractivity (Wildman–Crippen MR) is 64.9 cm³/mol. The van der Waals surface area contributed by atoms with Crippen molar-refractivity contribution in [3.63, 3.8) is 0 Å². The second-order valence-electron chi connectivity index (χ2n) is 3.25. The molecule has 0 atom stereocenters. The summed E-state index contributed by atoms with van der Waals surface area (Å²) in [7, 11) is 0. The Labute approximate surface area is 105 Å². The summed E-state index contributed by atoms with van der Waals surface area (Å²) in [4.78, 5) is 27.6. The minimum atomic E-state index is -0.707. The number of Topliss-reactive ketones (excluding diaryl/α,β-unsaturated/α-hetero) is 1. The van der Waals surface area contributed by atoms with E-state index in [2.05, 4.69) is 4.98 Å². The third-order valence-corrected chi connectivity index (χ3v) is 2.01. The van der Waals surface area contributed by atoms with Crippen LogP contribution in [0.4, 0.5) is 0 Å². The van der Waals surface area contributed by atoms with Crippen molar-refractivity contribution in [2.45, 2.75) is 13.8 Å². The molecule has 0 radical (unpaired) electrons. The first kappa shape index (κ1) is 13.9. The van der Waals surface area contributed by atoms with Crippen molar-refractivity contribution in [2.24, 2.45) is 0 Å². The van der Waals surface area contributed by atoms with Gasteiger partial charge >= 0.3 is 5.97 Å². The van der Waals surface area contributed by atoms with Crippen LogP contribution in [0.15, 0.2) is 36.2 Å². The summed E-state index contributed by atoms with van der Waals surface area (Å²) in [5.41, 5.74) is 0.0221. The van der Waals surface area contributed by atoms with Gasteiger partial charge in [0, 0.05) is 6.20 Å². The molecule has 0 saturated heterocycles. The Balaban J connectivity index is 2.97. The molecule has 0 aliphatic heterocycles. The lowest BCUT2D eigenvalue weighted by Crippen LogP contribution is -2.17. The van der Waals surface area contributed by atoms with Gasteiger partial charge in [-0.05, 0) is 26.0 Å². The molecule has 0 N–H and O–H groups in total. The van der Waals surface area contributed by atoms with Crippen LogP contribution in [0, 0.1) is 0 Å². The Morgan fingerprint density at radius 1 is 1.28 bits per heavy atom. The van der Waals surface area contributed by atoms with Gasteiger partial charge in [0.25, 0.3) is 0 Å². The molecule has 5 nitrogen and oxygen atoms in total. The molecule has 0 saturated carbocycles. The maximum absolute atomic E-state index is 12.1. The van der Waals surface area contributed by atoms with Crippen LogP contribution in [0.3, 0.4) is 0 Å². The highest BCUT2D eigenvalue weighted by molar-refractivity contribution is 6.23. The Hall–Kier alpha value is -2.17. The maximum atomic E-state index is 12.1. The second-order valence-corrected chi connectivity index (χ2v) is 3.25. The first-order valence-electron chi connectivity index (χ1n) is 5.65. The number of rotatable bonds is 6. The summed E-state index contributed by atoms with van der Waals surface area (Å²) >= 11 is 0. The van der Waals surface area contributed by atoms with Crippen molar-refractivity contribution >= 4 is 11.8 Å². The predicted octanol–water partition coefficient (Wildman–Crippen LogP) is 1.75. The number of hydrogen-bond acceptors (Lipinski definition) is 5. The Bertz CT molecular complexity index is 440. The summed E-state index contributed by atoms with van der Waals surface area (Å²) in [5.74, 6) is -1.22. The minimum absolute atomic E-state index is 0.155. The zero-order valence-corrected chi connectivity index (χ0v) is 10.4. The van der Waals surface area contributed by atoms with Gasteiger partial charge in [-0.25, -0.2) is 4.79 Å². The van der Waals surface area contributed by atoms with Crippen molar-refractivity contribution < 1.29 is 19.1 Å². The lowest BCUT2D eigenvalue weighted by atomic mass is 10.1. The molecule has 5 heteroatoms. The van der Waals surface area contributed by atoms with Gasteiger partial charge in [0.15, 0.2) is 0 Å². The lowest BCUT2D eigenvalue weighted by molar-refractivity contribution is -0.138. The highest BCUT2D eigenvalue weighted by Gasteiger charge is 2.22. The van der Waals surface area contributed by atoms with Crippen LogP contribution in [0.1, 0.15) is 24.3 Å². The van der Waals surface area contributed by atoms with Gasteiger partial charge in [-0.3, -0.25) is 9.78 Å². The number of aromatic nitrogens is 1. The van der Waals surface area contributed by atoms with Gasteiger partial charge in [0.05, 0.1) is 13.2 Å². The van der Waals surface area contributed by atoms with Gasteiger partial charge in [0.2, 0.25) is 5.78 Å². The molecule has 0 fully saturated rings. The van der Waals surface area contributed by atoms with E-state index < -0.39 is 11.8 Å². The van der Waals surface area contributed by atoms with Gasteiger partial charge in [-0.15, -0.1) is 0 Å². The number of ketones is 1. The molecule has 1 rings (SSSR count). The lowest BCUT2D eigenvalue weighted by Gasteiger charge is -2.05. The Morgan fingerprint density at radius 2 is 2.06 bits per heavy atom. The summed E-state index contributed by atoms with van der Waals surface area (Å²) in [6.45, 7) is 3.97. The third kappa shape index (κ3) is 3.69. The van der Waals surface area contributed by atoms with E-state index in [1.807, 2.05) is 0 Å². The zero-order valence-electron chi connectivity index (χ0n) is 10.4. The second kappa shape index (κ2) is 7.21. The molecule has 0 amide bonds. The highest BCUT2D eigenvalue weighted by Crippen LogP contribution is 2.08. The smallest absolute Gasteiger partial charge is 0.345 e. The van der Waals surface area contributed by atoms with Gasteiger partial charge in [-0.1, -0.05) is 6.07 Å². The zero-order chi connectivity index (χ0) is 13.4. The maximum Gasteiger partial charge on any atom is 0.345 e. The fourth-order valence-corrected chi connectivity index (χ4v) is 1.20. The highest BCUT2D eigenvalue weighted by atomic mass is 16.5. The number of pyridine rings is 1. The quantitative estimate of drug-likeness (QED) is 0.192. The molecule has 1 aromatic rings. The van der Waals surface area contributed by atoms with Crippen LogP contribution >= 0.6 is 0 Å². The van der Waals surface area contributed by atoms with Crippen LogP contribution in [0.2, 0.25) is 0 Å². The van der Waals surface area contributed by atoms with Gasteiger partial charge < -0.3 is 9.47 Å². The SMILES string of the molecule is CCO/C=C(/C(=O)OCC)C(=O)c1ccccn1. The average Bonchev–Trinajstić information content (AvgIpc) is 2.40. The molecule has 0 spiro atoms. The summed E-state index contributed by atoms with van der Waals surface area (Å²) in [5, 5.41) is 0. The van der Waals surface area contributed by atoms with Crippen molar-refractivity contribution in [3.8, 4) is 0 Å². The fraction of sp³-hybridized carbons (Fsp3) is 0.308. The number of hydrogen-bond donors (Lipinski definition) is 0. The first-order chi connectivity index (χ1) is 8.70. The van der Waals surface area contributed by atoms with Crippen LogP contribution < -0.4 is 0 Å². The van der Waals surface area contributed by atoms with Crippen molar-refractivity contribution in [3.05, 3.63) is 41.9 Å². The average molecular weight is 249 g/mol. The van der Waals surface area contributed by atoms with Gasteiger partial charge in [0.1, 0.15) is 17.5 Å². The molecule has 0 bridgehead atoms. The molecule has 96 valence electrons. The monoisotopic (exact) mass is 249 g/mol. The molecule has 0 aliphatic rings. The van der Waals surface area contributed by atoms with E-state index in [-0.39, 0.29) is 17.9 Å². The van der Waals surface area contributed by atoms with Crippen molar-refractivity contribution in [1.82, 2.24) is 4.98 Å². The van der Waals surface area contributed by atoms with Crippen LogP contribution in [-0.4, -0.2) is 30.0 Å². The van der Waals surface area contributed by atoms with Crippen LogP contribution in [0.5, 0.6) is 0 Å². The molecular formula is C13H15NO4. The Morgan fingerprint density at radius 3 is 2.61 bits per heavy atom. The number of ether oxygens (including phenoxy) is 2. The third-order valence-electron chi connectivity index (χ3n) is 2.01. The van der Waals surface area contributed by atoms with E-state index >= 15 is 0 Å². The number of esters is 1. The van der Waals surface area contributed by atoms with E-state index in [4.69, 9.17) is 9.47 Å². The van der Waals surface area contributed by atoms with Crippen LogP contribution in [-0.2, 0) is 14.3 Å². The van der Waals surface area contributed by atoms with E-state index in [1.54, 1.807) is 26.0 Å². The molecular weight excluding hydrogens is 234 g/mol. The molecule has 1 heterocycles. The van der Waals surface area contributed by atoms with Gasteiger partial charge in [-0.2, -0.15) is 0 Å². The normalized spacial score (nSPS) is 10.9. The molecule has 0 aromatic carbocycles. The molecule has 0 aliphatic carbocycles. The molecule has 1 aromatic heterocycles. The number of carbonyl (C=O) groups excluding carboxylic acids is 2. The number of carbonyl (C=O) groups is 2. The number of nitrogens with zero attached hydrogens (tertiary/aromatic N) is 1. The minimum Gasteiger partial charge on any atom is -0.500 e. The Kier molecular flexibility index (Phi) is 5.57. The summed E-state index contributed by atoms with van der Waals surface area (Å²) in [6, 6.07) is 4.89. The van der Waals surface area contributed by atoms with Crippen LogP contribution in [0.25, 0.3) is 0 Å². The first-order valence-corrected chi connectivity index (χ1v) is 5.65. The fourth-order valence-electron chi connectivity index (χ4n) is 1.20. The summed E-state index contributed by atoms with van der Waals surface area (Å²) < 4.78 is 9.80. The van der Waals surface area contributed by atoms with E-state index in [9.17, 15) is 9.59 Å². The standard InChI is InChI=1S/C13H15NO4/c1-3-17-9-10(13(16)18-4-2)12(15)11-7-5-6-8-14-11/h5-9H,3-4H2,1-2H3/b10-9+. The van der Waals surface area contributed by atoms with Crippen molar-refractivity contribution in [1.29, 1.82) is 0 Å². The molecule has 0 unspecified atom stereocenters. The summed E-state index contributed by atoms with van der Waals surface area (Å²) in [6.07, 6.45) is 2.60. The van der Waals surface area contributed by atoms with Crippen molar-refractivity contribution in [2.75, 3.05) is 13.2 Å². The van der Waals surface area contributed by atoms with E-state index in [1.165, 1.54) is 12.3 Å².